The molecular weight excluding hydrogens is 638 g/mol. The smallest absolute Gasteiger partial charge is 0.349 e. The van der Waals surface area contributed by atoms with Crippen LogP contribution in [0.5, 0.6) is 23.0 Å². The number of rotatable bonds is 13. The van der Waals surface area contributed by atoms with Gasteiger partial charge in [0.2, 0.25) is 12.2 Å². The summed E-state index contributed by atoms with van der Waals surface area (Å²) < 4.78 is 35.5. The molecule has 252 valence electrons. The molecule has 2 atom stereocenters. The van der Waals surface area contributed by atoms with Crippen LogP contribution in [-0.4, -0.2) is 80.4 Å². The number of benzene rings is 3. The van der Waals surface area contributed by atoms with Crippen molar-refractivity contribution in [3.8, 4) is 23.0 Å². The van der Waals surface area contributed by atoms with E-state index in [1.165, 1.54) is 50.6 Å². The van der Waals surface area contributed by atoms with Crippen molar-refractivity contribution in [2.24, 2.45) is 0 Å². The lowest BCUT2D eigenvalue weighted by molar-refractivity contribution is -0.157. The van der Waals surface area contributed by atoms with Crippen molar-refractivity contribution < 1.29 is 71.8 Å². The van der Waals surface area contributed by atoms with Gasteiger partial charge in [-0.1, -0.05) is 12.1 Å². The Morgan fingerprint density at radius 2 is 1.10 bits per heavy atom. The summed E-state index contributed by atoms with van der Waals surface area (Å²) in [6, 6.07) is 12.4. The van der Waals surface area contributed by atoms with E-state index in [-0.39, 0.29) is 45.4 Å². The van der Waals surface area contributed by atoms with E-state index >= 15 is 0 Å². The molecule has 0 fully saturated rings. The van der Waals surface area contributed by atoms with E-state index in [0.29, 0.717) is 0 Å². The van der Waals surface area contributed by atoms with Crippen LogP contribution >= 0.6 is 0 Å². The van der Waals surface area contributed by atoms with Crippen LogP contribution in [0.15, 0.2) is 60.7 Å². The largest absolute Gasteiger partial charge is 0.493 e. The second kappa shape index (κ2) is 16.2. The first kappa shape index (κ1) is 36.0. The molecule has 3 aromatic rings. The molecule has 3 aromatic carbocycles. The minimum absolute atomic E-state index is 0.0530. The second-order valence-corrected chi connectivity index (χ2v) is 9.44. The lowest BCUT2D eigenvalue weighted by atomic mass is 10.1. The van der Waals surface area contributed by atoms with Gasteiger partial charge in [0.25, 0.3) is 5.91 Å². The summed E-state index contributed by atoms with van der Waals surface area (Å²) in [5, 5.41) is 12.4. The Balaban J connectivity index is 2.03. The highest BCUT2D eigenvalue weighted by atomic mass is 16.6. The Morgan fingerprint density at radius 1 is 0.625 bits per heavy atom. The predicted molar refractivity (Wildman–Crippen MR) is 161 cm³/mol. The van der Waals surface area contributed by atoms with Crippen molar-refractivity contribution in [2.75, 3.05) is 26.6 Å². The molecular formula is C32H29NO15. The van der Waals surface area contributed by atoms with Gasteiger partial charge in [-0.05, 0) is 48.5 Å². The molecule has 0 aliphatic rings. The summed E-state index contributed by atoms with van der Waals surface area (Å²) in [5.74, 6) is -8.29. The summed E-state index contributed by atoms with van der Waals surface area (Å²) in [6.07, 6.45) is -4.83. The van der Waals surface area contributed by atoms with E-state index in [2.05, 4.69) is 5.32 Å². The third kappa shape index (κ3) is 9.06. The average Bonchev–Trinajstić information content (AvgIpc) is 3.05. The number of carbonyl (C=O) groups is 7. The van der Waals surface area contributed by atoms with Crippen molar-refractivity contribution in [1.82, 2.24) is 0 Å². The van der Waals surface area contributed by atoms with Gasteiger partial charge >= 0.3 is 35.8 Å². The lowest BCUT2D eigenvalue weighted by Crippen LogP contribution is -2.48. The molecule has 16 nitrogen and oxygen atoms in total. The summed E-state index contributed by atoms with van der Waals surface area (Å²) in [6.45, 7) is 2.28. The van der Waals surface area contributed by atoms with Gasteiger partial charge < -0.3 is 43.6 Å². The van der Waals surface area contributed by atoms with Crippen molar-refractivity contribution >= 4 is 47.4 Å². The molecule has 0 saturated heterocycles. The zero-order valence-corrected chi connectivity index (χ0v) is 26.1. The quantitative estimate of drug-likeness (QED) is 0.152. The zero-order chi connectivity index (χ0) is 35.5. The molecule has 0 saturated carbocycles. The Labute approximate surface area is 272 Å². The molecule has 0 heterocycles. The van der Waals surface area contributed by atoms with E-state index < -0.39 is 53.9 Å². The molecule has 16 heteroatoms. The number of ether oxygens (including phenoxy) is 7. The highest BCUT2D eigenvalue weighted by Gasteiger charge is 2.41. The normalized spacial score (nSPS) is 11.5. The fourth-order valence-electron chi connectivity index (χ4n) is 4.01. The maximum atomic E-state index is 13.6. The van der Waals surface area contributed by atoms with Crippen molar-refractivity contribution in [1.29, 1.82) is 0 Å². The van der Waals surface area contributed by atoms with E-state index in [1.54, 1.807) is 0 Å². The topological polar surface area (TPSA) is 216 Å². The number of nitrogens with one attached hydrogen (secondary N) is 1. The third-order valence-corrected chi connectivity index (χ3v) is 6.14. The van der Waals surface area contributed by atoms with Crippen LogP contribution in [-0.2, 0) is 33.4 Å². The molecule has 0 bridgehead atoms. The van der Waals surface area contributed by atoms with Gasteiger partial charge in [0.1, 0.15) is 0 Å². The standard InChI is InChI=1S/C32H29NO15/c1-16(34)45-22-12-10-18(14-24(22)42-3)30(39)47-26(28(36)33-21-9-7-6-8-20(21)32(41)44-5)27(29(37)38)48-31(40)19-11-13-23(46-17(2)35)25(15-19)43-4/h6-15,26-27H,1-5H3,(H,33,36)(H,37,38)/t26-,27+/m1/s1. The number of carbonyl (C=O) groups excluding carboxylic acids is 6. The minimum Gasteiger partial charge on any atom is -0.493 e. The van der Waals surface area contributed by atoms with Gasteiger partial charge in [0.05, 0.1) is 43.7 Å². The number of para-hydroxylation sites is 1. The zero-order valence-electron chi connectivity index (χ0n) is 26.1. The van der Waals surface area contributed by atoms with E-state index in [9.17, 15) is 38.7 Å². The van der Waals surface area contributed by atoms with Crippen LogP contribution in [0, 0.1) is 0 Å². The van der Waals surface area contributed by atoms with Crippen LogP contribution in [0.2, 0.25) is 0 Å². The molecule has 1 amide bonds. The van der Waals surface area contributed by atoms with Gasteiger partial charge in [0.15, 0.2) is 23.0 Å². The van der Waals surface area contributed by atoms with Crippen LogP contribution in [0.4, 0.5) is 5.69 Å². The Hall–Kier alpha value is -6.45. The first-order chi connectivity index (χ1) is 22.8. The highest BCUT2D eigenvalue weighted by Crippen LogP contribution is 2.30. The third-order valence-electron chi connectivity index (χ3n) is 6.14. The highest BCUT2D eigenvalue weighted by molar-refractivity contribution is 6.05. The number of aliphatic carboxylic acids is 1. The molecule has 0 spiro atoms. The second-order valence-electron chi connectivity index (χ2n) is 9.44. The summed E-state index contributed by atoms with van der Waals surface area (Å²) in [4.78, 5) is 87.6. The molecule has 0 aromatic heterocycles. The Morgan fingerprint density at radius 3 is 1.54 bits per heavy atom. The SMILES string of the molecule is COC(=O)c1ccccc1NC(=O)[C@H](OC(=O)c1ccc(OC(C)=O)c(OC)c1)[C@H](OC(=O)c1ccc(OC(C)=O)c(OC)c1)C(=O)O. The summed E-state index contributed by atoms with van der Waals surface area (Å²) >= 11 is 0. The van der Waals surface area contributed by atoms with Crippen molar-refractivity contribution in [3.63, 3.8) is 0 Å². The van der Waals surface area contributed by atoms with Crippen LogP contribution in [0.1, 0.15) is 44.9 Å². The summed E-state index contributed by atoms with van der Waals surface area (Å²) in [7, 11) is 3.54. The monoisotopic (exact) mass is 667 g/mol. The van der Waals surface area contributed by atoms with E-state index in [0.717, 1.165) is 45.2 Å². The number of hydrogen-bond acceptors (Lipinski definition) is 14. The number of methoxy groups -OCH3 is 3. The fraction of sp³-hybridized carbons (Fsp3) is 0.219. The van der Waals surface area contributed by atoms with E-state index in [4.69, 9.17) is 33.2 Å². The maximum Gasteiger partial charge on any atom is 0.349 e. The lowest BCUT2D eigenvalue weighted by Gasteiger charge is -2.24. The number of anilines is 1. The van der Waals surface area contributed by atoms with Crippen LogP contribution < -0.4 is 24.3 Å². The molecule has 0 aliphatic carbocycles. The van der Waals surface area contributed by atoms with Gasteiger partial charge in [0, 0.05) is 13.8 Å². The minimum atomic E-state index is -2.46. The number of hydrogen-bond donors (Lipinski definition) is 2. The number of esters is 5. The van der Waals surface area contributed by atoms with Gasteiger partial charge in [-0.25, -0.2) is 19.2 Å². The first-order valence-electron chi connectivity index (χ1n) is 13.6. The number of amides is 1. The molecule has 2 N–H and O–H groups in total. The average molecular weight is 668 g/mol. The molecule has 0 aliphatic heterocycles. The van der Waals surface area contributed by atoms with Gasteiger partial charge in [-0.15, -0.1) is 0 Å². The summed E-state index contributed by atoms with van der Waals surface area (Å²) in [5.41, 5.74) is -0.852. The molecule has 3 rings (SSSR count). The number of carboxylic acid groups (broad SMARTS) is 1. The Bertz CT molecular complexity index is 1750. The van der Waals surface area contributed by atoms with Crippen LogP contribution in [0.25, 0.3) is 0 Å². The maximum absolute atomic E-state index is 13.6. The number of carboxylic acids is 1. The fourth-order valence-corrected chi connectivity index (χ4v) is 4.01. The van der Waals surface area contributed by atoms with Crippen molar-refractivity contribution in [2.45, 2.75) is 26.1 Å². The predicted octanol–water partition coefficient (Wildman–Crippen LogP) is 2.82. The molecule has 0 unspecified atom stereocenters. The molecule has 48 heavy (non-hydrogen) atoms. The van der Waals surface area contributed by atoms with E-state index in [1.807, 2.05) is 0 Å². The van der Waals surface area contributed by atoms with Crippen molar-refractivity contribution in [3.05, 3.63) is 77.4 Å². The molecule has 0 radical (unpaired) electrons. The van der Waals surface area contributed by atoms with Crippen LogP contribution in [0.3, 0.4) is 0 Å². The van der Waals surface area contributed by atoms with Gasteiger partial charge in [-0.2, -0.15) is 0 Å². The first-order valence-corrected chi connectivity index (χ1v) is 13.6. The Kier molecular flexibility index (Phi) is 12.2. The van der Waals surface area contributed by atoms with Gasteiger partial charge in [-0.3, -0.25) is 14.4 Å².